The van der Waals surface area contributed by atoms with Gasteiger partial charge in [-0.05, 0) is 53.6 Å². The first-order valence-electron chi connectivity index (χ1n) is 7.30. The van der Waals surface area contributed by atoms with Gasteiger partial charge >= 0.3 is 5.97 Å². The van der Waals surface area contributed by atoms with Crippen molar-refractivity contribution in [3.05, 3.63) is 82.0 Å². The highest BCUT2D eigenvalue weighted by Crippen LogP contribution is 2.29. The van der Waals surface area contributed by atoms with Crippen LogP contribution in [0.2, 0.25) is 5.02 Å². The largest absolute Gasteiger partial charge is 0.478 e. The highest BCUT2D eigenvalue weighted by molar-refractivity contribution is 7.17. The van der Waals surface area contributed by atoms with Crippen LogP contribution >= 0.6 is 22.9 Å². The minimum atomic E-state index is -1.26. The maximum atomic E-state index is 12.6. The maximum Gasteiger partial charge on any atom is 0.339 e. The molecule has 0 spiro atoms. The summed E-state index contributed by atoms with van der Waals surface area (Å²) in [4.78, 5) is 29.4. The fourth-order valence-corrected chi connectivity index (χ4v) is 3.31. The smallest absolute Gasteiger partial charge is 0.339 e. The van der Waals surface area contributed by atoms with E-state index in [4.69, 9.17) is 11.6 Å². The second-order valence-electron chi connectivity index (χ2n) is 5.14. The molecular weight excluding hydrogens is 358 g/mol. The Labute approximate surface area is 153 Å². The predicted molar refractivity (Wildman–Crippen MR) is 98.9 cm³/mol. The molecule has 3 rings (SSSR count). The van der Waals surface area contributed by atoms with Crippen molar-refractivity contribution in [3.8, 4) is 10.4 Å². The van der Waals surface area contributed by atoms with Crippen LogP contribution in [-0.4, -0.2) is 21.8 Å². The maximum absolute atomic E-state index is 12.6. The molecule has 124 valence electrons. The summed E-state index contributed by atoms with van der Waals surface area (Å²) in [5, 5.41) is 9.97. The summed E-state index contributed by atoms with van der Waals surface area (Å²) in [7, 11) is 0. The predicted octanol–water partition coefficient (Wildman–Crippen LogP) is 4.81. The van der Waals surface area contributed by atoms with Crippen LogP contribution in [0.1, 0.15) is 15.2 Å². The quantitative estimate of drug-likeness (QED) is 0.303. The first kappa shape index (κ1) is 17.1. The minimum absolute atomic E-state index is 0.287. The van der Waals surface area contributed by atoms with Gasteiger partial charge < -0.3 is 5.11 Å². The second kappa shape index (κ2) is 7.42. The molecule has 0 saturated carbocycles. The summed E-state index contributed by atoms with van der Waals surface area (Å²) >= 11 is 7.07. The number of hydrogen-bond acceptors (Lipinski definition) is 4. The van der Waals surface area contributed by atoms with E-state index in [1.165, 1.54) is 17.4 Å². The molecule has 1 aromatic carbocycles. The fraction of sp³-hybridized carbons (Fsp3) is 0. The average Bonchev–Trinajstić information content (AvgIpc) is 3.11. The first-order valence-corrected chi connectivity index (χ1v) is 8.49. The van der Waals surface area contributed by atoms with Crippen molar-refractivity contribution in [2.75, 3.05) is 0 Å². The summed E-state index contributed by atoms with van der Waals surface area (Å²) in [5.74, 6) is -1.79. The summed E-state index contributed by atoms with van der Waals surface area (Å²) < 4.78 is 0. The van der Waals surface area contributed by atoms with Crippen LogP contribution in [0.15, 0.2) is 66.5 Å². The average molecular weight is 370 g/mol. The molecule has 0 atom stereocenters. The highest BCUT2D eigenvalue weighted by Gasteiger charge is 2.21. The number of carboxylic acids is 1. The van der Waals surface area contributed by atoms with Gasteiger partial charge in [0, 0.05) is 22.3 Å². The molecule has 0 fully saturated rings. The fourth-order valence-electron chi connectivity index (χ4n) is 2.21. The number of aliphatic carboxylic acids is 1. The zero-order valence-electron chi connectivity index (χ0n) is 12.8. The molecule has 0 saturated heterocycles. The number of pyridine rings is 1. The Balaban J connectivity index is 1.93. The van der Waals surface area contributed by atoms with Gasteiger partial charge in [0.05, 0.1) is 4.88 Å². The van der Waals surface area contributed by atoms with E-state index in [9.17, 15) is 14.7 Å². The van der Waals surface area contributed by atoms with Crippen LogP contribution in [-0.2, 0) is 4.79 Å². The third-order valence-electron chi connectivity index (χ3n) is 3.45. The van der Waals surface area contributed by atoms with Crippen LogP contribution in [0.5, 0.6) is 0 Å². The zero-order valence-corrected chi connectivity index (χ0v) is 14.4. The molecule has 0 amide bonds. The van der Waals surface area contributed by atoms with Crippen LogP contribution < -0.4 is 0 Å². The first-order chi connectivity index (χ1) is 12.0. The number of Topliss-reactive ketones (excluding diaryl/α,β-unsaturated/α-hetero) is 1. The summed E-state index contributed by atoms with van der Waals surface area (Å²) in [6, 6.07) is 13.7. The van der Waals surface area contributed by atoms with Gasteiger partial charge in [0.25, 0.3) is 0 Å². The molecule has 25 heavy (non-hydrogen) atoms. The molecule has 0 radical (unpaired) electrons. The normalized spacial score (nSPS) is 11.3. The molecule has 0 aliphatic rings. The minimum Gasteiger partial charge on any atom is -0.478 e. The van der Waals surface area contributed by atoms with Crippen molar-refractivity contribution in [2.45, 2.75) is 0 Å². The second-order valence-corrected chi connectivity index (χ2v) is 6.66. The summed E-state index contributed by atoms with van der Waals surface area (Å²) in [6.45, 7) is 0. The molecule has 2 aromatic heterocycles. The van der Waals surface area contributed by atoms with E-state index < -0.39 is 11.8 Å². The van der Waals surface area contributed by atoms with Gasteiger partial charge in [0.2, 0.25) is 5.78 Å². The topological polar surface area (TPSA) is 67.3 Å². The molecule has 0 aliphatic carbocycles. The number of carbonyl (C=O) groups is 2. The Morgan fingerprint density at radius 3 is 2.32 bits per heavy atom. The Kier molecular flexibility index (Phi) is 5.07. The molecule has 1 N–H and O–H groups in total. The Morgan fingerprint density at radius 1 is 1.00 bits per heavy atom. The number of nitrogens with zero attached hydrogens (tertiary/aromatic N) is 1. The van der Waals surface area contributed by atoms with Gasteiger partial charge in [0.1, 0.15) is 5.57 Å². The number of aromatic nitrogens is 1. The van der Waals surface area contributed by atoms with E-state index in [2.05, 4.69) is 4.98 Å². The number of ketones is 1. The summed E-state index contributed by atoms with van der Waals surface area (Å²) in [6.07, 6.45) is 4.69. The van der Waals surface area contributed by atoms with E-state index in [-0.39, 0.29) is 5.57 Å². The lowest BCUT2D eigenvalue weighted by Crippen LogP contribution is -2.11. The molecule has 2 heterocycles. The number of halogens is 1. The highest BCUT2D eigenvalue weighted by atomic mass is 35.5. The Bertz CT molecular complexity index is 946. The number of hydrogen-bond donors (Lipinski definition) is 1. The lowest BCUT2D eigenvalue weighted by Gasteiger charge is -2.01. The van der Waals surface area contributed by atoms with Crippen LogP contribution in [0.3, 0.4) is 0 Å². The van der Waals surface area contributed by atoms with E-state index in [1.807, 2.05) is 12.1 Å². The molecule has 4 nitrogen and oxygen atoms in total. The van der Waals surface area contributed by atoms with Crippen LogP contribution in [0.4, 0.5) is 0 Å². The molecule has 3 aromatic rings. The third-order valence-corrected chi connectivity index (χ3v) is 4.84. The molecule has 0 unspecified atom stereocenters. The van der Waals surface area contributed by atoms with Gasteiger partial charge in [-0.2, -0.15) is 0 Å². The SMILES string of the molecule is O=C(O)/C(=C\c1ccc(Cl)cc1)C(=O)c1ccc(-c2ccncc2)s1. The monoisotopic (exact) mass is 369 g/mol. The van der Waals surface area contributed by atoms with Gasteiger partial charge in [-0.3, -0.25) is 9.78 Å². The Hall–Kier alpha value is -2.76. The summed E-state index contributed by atoms with van der Waals surface area (Å²) in [5.41, 5.74) is 1.24. The van der Waals surface area contributed by atoms with E-state index >= 15 is 0 Å². The number of thiophene rings is 1. The molecular formula is C19H12ClNO3S. The number of carbonyl (C=O) groups excluding carboxylic acids is 1. The molecule has 0 aliphatic heterocycles. The number of carboxylic acid groups (broad SMARTS) is 1. The van der Waals surface area contributed by atoms with Crippen molar-refractivity contribution < 1.29 is 14.7 Å². The molecule has 0 bridgehead atoms. The lowest BCUT2D eigenvalue weighted by molar-refractivity contribution is -0.132. The lowest BCUT2D eigenvalue weighted by atomic mass is 10.1. The van der Waals surface area contributed by atoms with E-state index in [0.717, 1.165) is 10.4 Å². The van der Waals surface area contributed by atoms with E-state index in [1.54, 1.807) is 48.8 Å². The van der Waals surface area contributed by atoms with Crippen molar-refractivity contribution in [1.82, 2.24) is 4.98 Å². The van der Waals surface area contributed by atoms with Crippen LogP contribution in [0, 0.1) is 0 Å². The number of benzene rings is 1. The van der Waals surface area contributed by atoms with Gasteiger partial charge in [-0.15, -0.1) is 11.3 Å². The van der Waals surface area contributed by atoms with Crippen molar-refractivity contribution in [3.63, 3.8) is 0 Å². The standard InChI is InChI=1S/C19H12ClNO3S/c20-14-3-1-12(2-4-14)11-15(19(23)24)18(22)17-6-5-16(25-17)13-7-9-21-10-8-13/h1-11H,(H,23,24)/b15-11-. The van der Waals surface area contributed by atoms with Crippen molar-refractivity contribution in [2.24, 2.45) is 0 Å². The zero-order chi connectivity index (χ0) is 17.8. The van der Waals surface area contributed by atoms with Gasteiger partial charge in [0.15, 0.2) is 0 Å². The van der Waals surface area contributed by atoms with Gasteiger partial charge in [-0.25, -0.2) is 4.79 Å². The number of rotatable bonds is 5. The Morgan fingerprint density at radius 2 is 1.68 bits per heavy atom. The van der Waals surface area contributed by atoms with Crippen molar-refractivity contribution >= 4 is 40.8 Å². The van der Waals surface area contributed by atoms with Crippen LogP contribution in [0.25, 0.3) is 16.5 Å². The van der Waals surface area contributed by atoms with Gasteiger partial charge in [-0.1, -0.05) is 23.7 Å². The van der Waals surface area contributed by atoms with E-state index in [0.29, 0.717) is 15.5 Å². The molecule has 6 heteroatoms. The van der Waals surface area contributed by atoms with Crippen molar-refractivity contribution in [1.29, 1.82) is 0 Å². The third kappa shape index (κ3) is 4.02.